The molecule has 0 aliphatic rings. The van der Waals surface area contributed by atoms with Gasteiger partial charge in [-0.1, -0.05) is 41.9 Å². The molecule has 2 amide bonds. The van der Waals surface area contributed by atoms with E-state index in [1.54, 1.807) is 37.0 Å². The molecule has 0 radical (unpaired) electrons. The minimum atomic E-state index is -0.305. The zero-order chi connectivity index (χ0) is 22.4. The number of amides is 2. The van der Waals surface area contributed by atoms with E-state index in [9.17, 15) is 9.59 Å². The van der Waals surface area contributed by atoms with Gasteiger partial charge in [-0.2, -0.15) is 0 Å². The number of benzene rings is 1. The summed E-state index contributed by atoms with van der Waals surface area (Å²) in [6.07, 6.45) is 2.61. The molecule has 0 unspecified atom stereocenters. The van der Waals surface area contributed by atoms with Crippen molar-refractivity contribution in [1.82, 2.24) is 19.4 Å². The van der Waals surface area contributed by atoms with E-state index in [4.69, 9.17) is 16.7 Å². The van der Waals surface area contributed by atoms with Gasteiger partial charge in [-0.15, -0.1) is 0 Å². The van der Waals surface area contributed by atoms with Gasteiger partial charge >= 0.3 is 0 Å². The predicted octanol–water partition coefficient (Wildman–Crippen LogP) is 2.69. The molecule has 0 aliphatic carbocycles. The summed E-state index contributed by atoms with van der Waals surface area (Å²) in [6, 6.07) is 13.0. The van der Waals surface area contributed by atoms with Crippen LogP contribution < -0.4 is 4.90 Å². The largest absolute Gasteiger partial charge is 0.396 e. The van der Waals surface area contributed by atoms with Crippen molar-refractivity contribution in [3.05, 3.63) is 65.1 Å². The molecule has 3 aromatic rings. The molecule has 0 saturated heterocycles. The van der Waals surface area contributed by atoms with Crippen LogP contribution in [-0.4, -0.2) is 64.1 Å². The van der Waals surface area contributed by atoms with Crippen LogP contribution in [0.1, 0.15) is 22.6 Å². The fraction of sp³-hybridized carbons (Fsp3) is 0.273. The normalized spacial score (nSPS) is 10.7. The number of hydrogen-bond donors (Lipinski definition) is 1. The second-order valence-corrected chi connectivity index (χ2v) is 7.48. The smallest absolute Gasteiger partial charge is 0.274 e. The van der Waals surface area contributed by atoms with Gasteiger partial charge in [0.15, 0.2) is 11.5 Å². The first-order chi connectivity index (χ1) is 15.0. The SMILES string of the molecule is CN(CCCO)C(=O)c1c(N(C)C=O)nc(-c2ccccc2)n1Cc1ccc(Cl)cn1. The minimum absolute atomic E-state index is 0.0259. The molecular formula is C22H24ClN5O3. The molecule has 162 valence electrons. The Balaban J connectivity index is 2.18. The molecule has 3 rings (SSSR count). The Morgan fingerprint density at radius 2 is 1.94 bits per heavy atom. The number of anilines is 1. The predicted molar refractivity (Wildman–Crippen MR) is 119 cm³/mol. The Hall–Kier alpha value is -3.23. The maximum atomic E-state index is 13.4. The second kappa shape index (κ2) is 10.2. The highest BCUT2D eigenvalue weighted by atomic mass is 35.5. The van der Waals surface area contributed by atoms with Crippen molar-refractivity contribution in [1.29, 1.82) is 0 Å². The van der Waals surface area contributed by atoms with Crippen molar-refractivity contribution in [2.24, 2.45) is 0 Å². The summed E-state index contributed by atoms with van der Waals surface area (Å²) < 4.78 is 1.76. The van der Waals surface area contributed by atoms with E-state index in [0.29, 0.717) is 35.9 Å². The van der Waals surface area contributed by atoms with Crippen LogP contribution in [0.3, 0.4) is 0 Å². The third-order valence-electron chi connectivity index (χ3n) is 4.78. The zero-order valence-electron chi connectivity index (χ0n) is 17.4. The second-order valence-electron chi connectivity index (χ2n) is 7.05. The summed E-state index contributed by atoms with van der Waals surface area (Å²) in [5.74, 6) is 0.490. The number of pyridine rings is 1. The third-order valence-corrected chi connectivity index (χ3v) is 5.01. The number of nitrogens with zero attached hydrogens (tertiary/aromatic N) is 5. The lowest BCUT2D eigenvalue weighted by Gasteiger charge is -2.20. The van der Waals surface area contributed by atoms with Gasteiger partial charge in [0.05, 0.1) is 17.3 Å². The maximum Gasteiger partial charge on any atom is 0.274 e. The van der Waals surface area contributed by atoms with Gasteiger partial charge in [0.2, 0.25) is 6.41 Å². The molecular weight excluding hydrogens is 418 g/mol. The van der Waals surface area contributed by atoms with E-state index in [1.807, 2.05) is 30.3 Å². The lowest BCUT2D eigenvalue weighted by molar-refractivity contribution is -0.107. The van der Waals surface area contributed by atoms with Gasteiger partial charge in [-0.3, -0.25) is 14.6 Å². The molecule has 1 aromatic carbocycles. The molecule has 9 heteroatoms. The minimum Gasteiger partial charge on any atom is -0.396 e. The van der Waals surface area contributed by atoms with Crippen molar-refractivity contribution in [2.75, 3.05) is 32.1 Å². The lowest BCUT2D eigenvalue weighted by Crippen LogP contribution is -2.32. The van der Waals surface area contributed by atoms with Crippen LogP contribution in [-0.2, 0) is 11.3 Å². The van der Waals surface area contributed by atoms with Crippen molar-refractivity contribution >= 4 is 29.7 Å². The first-order valence-electron chi connectivity index (χ1n) is 9.77. The molecule has 0 saturated carbocycles. The number of aliphatic hydroxyl groups is 1. The quantitative estimate of drug-likeness (QED) is 0.515. The Bertz CT molecular complexity index is 1040. The van der Waals surface area contributed by atoms with Crippen LogP contribution in [0.25, 0.3) is 11.4 Å². The number of hydrogen-bond acceptors (Lipinski definition) is 5. The average Bonchev–Trinajstić information content (AvgIpc) is 3.17. The standard InChI is InChI=1S/C22H24ClN5O3/c1-26(11-6-12-29)22(31)19-21(27(2)15-30)25-20(16-7-4-3-5-8-16)28(19)14-18-10-9-17(23)13-24-18/h3-5,7-10,13,15,29H,6,11-12,14H2,1-2H3. The van der Waals surface area contributed by atoms with Crippen LogP contribution >= 0.6 is 11.6 Å². The Kier molecular flexibility index (Phi) is 7.38. The highest BCUT2D eigenvalue weighted by Gasteiger charge is 2.28. The van der Waals surface area contributed by atoms with E-state index in [-0.39, 0.29) is 30.6 Å². The van der Waals surface area contributed by atoms with Crippen LogP contribution in [0.2, 0.25) is 5.02 Å². The van der Waals surface area contributed by atoms with Crippen molar-refractivity contribution in [2.45, 2.75) is 13.0 Å². The Morgan fingerprint density at radius 1 is 1.19 bits per heavy atom. The van der Waals surface area contributed by atoms with E-state index in [2.05, 4.69) is 9.97 Å². The van der Waals surface area contributed by atoms with Gasteiger partial charge < -0.3 is 19.5 Å². The van der Waals surface area contributed by atoms with E-state index < -0.39 is 0 Å². The first kappa shape index (κ1) is 22.5. The molecule has 0 atom stereocenters. The number of aliphatic hydroxyl groups excluding tert-OH is 1. The van der Waals surface area contributed by atoms with Crippen molar-refractivity contribution in [3.63, 3.8) is 0 Å². The molecule has 8 nitrogen and oxygen atoms in total. The van der Waals surface area contributed by atoms with Crippen LogP contribution in [0.5, 0.6) is 0 Å². The van der Waals surface area contributed by atoms with Gasteiger partial charge in [0.1, 0.15) is 5.82 Å². The van der Waals surface area contributed by atoms with Gasteiger partial charge in [-0.05, 0) is 18.6 Å². The molecule has 2 heterocycles. The van der Waals surface area contributed by atoms with Crippen LogP contribution in [0.4, 0.5) is 5.82 Å². The molecule has 2 aromatic heterocycles. The van der Waals surface area contributed by atoms with Gasteiger partial charge in [0.25, 0.3) is 5.91 Å². The summed E-state index contributed by atoms with van der Waals surface area (Å²) in [5, 5.41) is 9.66. The van der Waals surface area contributed by atoms with Crippen molar-refractivity contribution in [3.8, 4) is 11.4 Å². The fourth-order valence-corrected chi connectivity index (χ4v) is 3.27. The Labute approximate surface area is 185 Å². The average molecular weight is 442 g/mol. The first-order valence-corrected chi connectivity index (χ1v) is 10.1. The molecule has 0 aliphatic heterocycles. The third kappa shape index (κ3) is 5.10. The number of halogens is 1. The van der Waals surface area contributed by atoms with E-state index in [0.717, 1.165) is 5.56 Å². The van der Waals surface area contributed by atoms with Gasteiger partial charge in [-0.25, -0.2) is 4.98 Å². The number of carbonyl (C=O) groups excluding carboxylic acids is 2. The number of rotatable bonds is 9. The summed E-state index contributed by atoms with van der Waals surface area (Å²) in [4.78, 5) is 36.8. The molecule has 31 heavy (non-hydrogen) atoms. The Morgan fingerprint density at radius 3 is 2.55 bits per heavy atom. The monoisotopic (exact) mass is 441 g/mol. The molecule has 0 fully saturated rings. The van der Waals surface area contributed by atoms with Crippen LogP contribution in [0.15, 0.2) is 48.7 Å². The van der Waals surface area contributed by atoms with Crippen molar-refractivity contribution < 1.29 is 14.7 Å². The van der Waals surface area contributed by atoms with E-state index in [1.165, 1.54) is 9.80 Å². The highest BCUT2D eigenvalue weighted by molar-refractivity contribution is 6.30. The van der Waals surface area contributed by atoms with Gasteiger partial charge in [0, 0.05) is 39.0 Å². The summed E-state index contributed by atoms with van der Waals surface area (Å²) in [6.45, 7) is 0.600. The summed E-state index contributed by atoms with van der Waals surface area (Å²) >= 11 is 5.97. The zero-order valence-corrected chi connectivity index (χ0v) is 18.2. The number of aromatic nitrogens is 3. The number of imidazole rings is 1. The maximum absolute atomic E-state index is 13.4. The van der Waals surface area contributed by atoms with Crippen LogP contribution in [0, 0.1) is 0 Å². The summed E-state index contributed by atoms with van der Waals surface area (Å²) in [5.41, 5.74) is 1.76. The van der Waals surface area contributed by atoms with E-state index >= 15 is 0 Å². The lowest BCUT2D eigenvalue weighted by atomic mass is 10.2. The molecule has 0 spiro atoms. The molecule has 0 bridgehead atoms. The molecule has 1 N–H and O–H groups in total. The number of carbonyl (C=O) groups is 2. The topological polar surface area (TPSA) is 91.6 Å². The highest BCUT2D eigenvalue weighted by Crippen LogP contribution is 2.29. The summed E-state index contributed by atoms with van der Waals surface area (Å²) in [7, 11) is 3.21. The fourth-order valence-electron chi connectivity index (χ4n) is 3.16.